The van der Waals surface area contributed by atoms with Gasteiger partial charge < -0.3 is 10.4 Å². The molecular weight excluding hydrogens is 251 g/mol. The number of hydrogen-bond donors (Lipinski definition) is 2. The van der Waals surface area contributed by atoms with Gasteiger partial charge in [0.05, 0.1) is 5.69 Å². The Bertz CT molecular complexity index is 554. The summed E-state index contributed by atoms with van der Waals surface area (Å²) in [6, 6.07) is 4.13. The first kappa shape index (κ1) is 13.0. The van der Waals surface area contributed by atoms with E-state index in [-0.39, 0.29) is 5.75 Å². The van der Waals surface area contributed by atoms with Gasteiger partial charge in [-0.05, 0) is 25.6 Å². The number of phenols is 1. The topological polar surface area (TPSA) is 45.1 Å². The predicted octanol–water partition coefficient (Wildman–Crippen LogP) is 3.07. The summed E-state index contributed by atoms with van der Waals surface area (Å²) < 4.78 is 13.7. The highest BCUT2D eigenvalue weighted by Crippen LogP contribution is 2.31. The van der Waals surface area contributed by atoms with Crippen molar-refractivity contribution in [2.24, 2.45) is 0 Å². The van der Waals surface area contributed by atoms with E-state index in [2.05, 4.69) is 10.3 Å². The summed E-state index contributed by atoms with van der Waals surface area (Å²) in [4.78, 5) is 5.49. The zero-order chi connectivity index (χ0) is 13.1. The monoisotopic (exact) mass is 266 g/mol. The number of benzene rings is 1. The molecule has 0 aliphatic heterocycles. The highest BCUT2D eigenvalue weighted by molar-refractivity contribution is 7.15. The van der Waals surface area contributed by atoms with E-state index in [1.807, 2.05) is 13.8 Å². The first-order chi connectivity index (χ1) is 8.61. The summed E-state index contributed by atoms with van der Waals surface area (Å²) in [5.74, 6) is -0.517. The fourth-order valence-corrected chi connectivity index (χ4v) is 2.68. The van der Waals surface area contributed by atoms with Crippen LogP contribution in [0.5, 0.6) is 5.75 Å². The Kier molecular flexibility index (Phi) is 3.93. The van der Waals surface area contributed by atoms with Crippen LogP contribution in [0.4, 0.5) is 4.39 Å². The van der Waals surface area contributed by atoms with E-state index >= 15 is 0 Å². The summed E-state index contributed by atoms with van der Waals surface area (Å²) in [7, 11) is 0. The molecule has 0 saturated heterocycles. The Labute approximate surface area is 109 Å². The molecule has 96 valence electrons. The molecule has 0 aliphatic rings. The third kappa shape index (κ3) is 2.68. The van der Waals surface area contributed by atoms with Gasteiger partial charge in [-0.15, -0.1) is 11.3 Å². The van der Waals surface area contributed by atoms with Crippen LogP contribution >= 0.6 is 11.3 Å². The molecule has 0 unspecified atom stereocenters. The number of phenolic OH excluding ortho intramolecular Hbond substituents is 1. The average Bonchev–Trinajstić information content (AvgIpc) is 2.68. The van der Waals surface area contributed by atoms with E-state index in [4.69, 9.17) is 0 Å². The Hall–Kier alpha value is -1.46. The van der Waals surface area contributed by atoms with E-state index in [1.54, 1.807) is 6.07 Å². The van der Waals surface area contributed by atoms with Gasteiger partial charge in [0.1, 0.15) is 16.6 Å². The molecule has 0 amide bonds. The number of nitrogens with one attached hydrogen (secondary N) is 1. The van der Waals surface area contributed by atoms with Gasteiger partial charge in [-0.1, -0.05) is 6.92 Å². The molecule has 1 heterocycles. The fourth-order valence-electron chi connectivity index (χ4n) is 1.62. The summed E-state index contributed by atoms with van der Waals surface area (Å²) in [6.07, 6.45) is 0. The minimum Gasteiger partial charge on any atom is -0.508 e. The van der Waals surface area contributed by atoms with Crippen LogP contribution in [0.3, 0.4) is 0 Å². The molecule has 3 nitrogen and oxygen atoms in total. The van der Waals surface area contributed by atoms with Crippen LogP contribution in [0.15, 0.2) is 18.2 Å². The van der Waals surface area contributed by atoms with Gasteiger partial charge in [0.15, 0.2) is 0 Å². The molecule has 0 fully saturated rings. The Morgan fingerprint density at radius 2 is 2.22 bits per heavy atom. The zero-order valence-electron chi connectivity index (χ0n) is 10.3. The lowest BCUT2D eigenvalue weighted by Gasteiger charge is -1.99. The molecule has 0 radical (unpaired) electrons. The maximum Gasteiger partial charge on any atom is 0.137 e. The van der Waals surface area contributed by atoms with Gasteiger partial charge in [-0.25, -0.2) is 9.37 Å². The second-order valence-electron chi connectivity index (χ2n) is 3.97. The second-order valence-corrected chi connectivity index (χ2v) is 5.06. The highest BCUT2D eigenvalue weighted by Gasteiger charge is 2.13. The number of rotatable bonds is 4. The molecule has 0 atom stereocenters. The summed E-state index contributed by atoms with van der Waals surface area (Å²) in [6.45, 7) is 5.60. The minimum absolute atomic E-state index is 0.0719. The lowest BCUT2D eigenvalue weighted by Crippen LogP contribution is -2.11. The van der Waals surface area contributed by atoms with Crippen LogP contribution in [-0.4, -0.2) is 16.6 Å². The number of nitrogens with zero attached hydrogens (tertiary/aromatic N) is 1. The van der Waals surface area contributed by atoms with Crippen molar-refractivity contribution in [1.29, 1.82) is 0 Å². The Morgan fingerprint density at radius 3 is 2.89 bits per heavy atom. The standard InChI is InChI=1S/C13H15FN2OS/c1-3-15-7-12-8(2)16-13(18-12)10-5-4-9(17)6-11(10)14/h4-6,15,17H,3,7H2,1-2H3. The molecule has 2 N–H and O–H groups in total. The van der Waals surface area contributed by atoms with E-state index in [0.717, 1.165) is 29.7 Å². The Balaban J connectivity index is 2.33. The molecule has 0 saturated carbocycles. The molecule has 2 aromatic rings. The van der Waals surface area contributed by atoms with Gasteiger partial charge in [0.25, 0.3) is 0 Å². The van der Waals surface area contributed by atoms with Crippen molar-refractivity contribution in [3.63, 3.8) is 0 Å². The van der Waals surface area contributed by atoms with Crippen LogP contribution in [-0.2, 0) is 6.54 Å². The zero-order valence-corrected chi connectivity index (χ0v) is 11.1. The minimum atomic E-state index is -0.446. The predicted molar refractivity (Wildman–Crippen MR) is 71.3 cm³/mol. The molecule has 18 heavy (non-hydrogen) atoms. The van der Waals surface area contributed by atoms with E-state index in [0.29, 0.717) is 10.6 Å². The van der Waals surface area contributed by atoms with Gasteiger partial charge in [-0.2, -0.15) is 0 Å². The third-order valence-electron chi connectivity index (χ3n) is 2.61. The first-order valence-corrected chi connectivity index (χ1v) is 6.59. The SMILES string of the molecule is CCNCc1sc(-c2ccc(O)cc2F)nc1C. The first-order valence-electron chi connectivity index (χ1n) is 5.77. The number of hydrogen-bond acceptors (Lipinski definition) is 4. The van der Waals surface area contributed by atoms with Crippen LogP contribution < -0.4 is 5.32 Å². The van der Waals surface area contributed by atoms with Crippen LogP contribution in [0.25, 0.3) is 10.6 Å². The lowest BCUT2D eigenvalue weighted by atomic mass is 10.2. The van der Waals surface area contributed by atoms with Crippen molar-refractivity contribution >= 4 is 11.3 Å². The van der Waals surface area contributed by atoms with E-state index in [9.17, 15) is 9.50 Å². The molecule has 1 aromatic carbocycles. The number of thiazole rings is 1. The number of aromatic hydroxyl groups is 1. The Morgan fingerprint density at radius 1 is 1.44 bits per heavy atom. The quantitative estimate of drug-likeness (QED) is 0.894. The summed E-state index contributed by atoms with van der Waals surface area (Å²) in [5.41, 5.74) is 1.35. The number of aryl methyl sites for hydroxylation is 1. The van der Waals surface area contributed by atoms with Crippen LogP contribution in [0, 0.1) is 12.7 Å². The lowest BCUT2D eigenvalue weighted by molar-refractivity contribution is 0.469. The molecule has 0 spiro atoms. The largest absolute Gasteiger partial charge is 0.508 e. The van der Waals surface area contributed by atoms with Crippen molar-refractivity contribution in [2.75, 3.05) is 6.54 Å². The average molecular weight is 266 g/mol. The summed E-state index contributed by atoms with van der Waals surface area (Å²) in [5, 5.41) is 13.1. The van der Waals surface area contributed by atoms with Crippen molar-refractivity contribution in [3.05, 3.63) is 34.6 Å². The van der Waals surface area contributed by atoms with Gasteiger partial charge >= 0.3 is 0 Å². The van der Waals surface area contributed by atoms with Crippen LogP contribution in [0.1, 0.15) is 17.5 Å². The molecule has 0 aliphatic carbocycles. The van der Waals surface area contributed by atoms with E-state index in [1.165, 1.54) is 17.4 Å². The van der Waals surface area contributed by atoms with Gasteiger partial charge in [0.2, 0.25) is 0 Å². The number of aromatic nitrogens is 1. The molecule has 5 heteroatoms. The second kappa shape index (κ2) is 5.46. The smallest absolute Gasteiger partial charge is 0.137 e. The van der Waals surface area contributed by atoms with Gasteiger partial charge in [-0.3, -0.25) is 0 Å². The number of halogens is 1. The molecule has 0 bridgehead atoms. The van der Waals surface area contributed by atoms with Crippen molar-refractivity contribution < 1.29 is 9.50 Å². The molecule has 1 aromatic heterocycles. The van der Waals surface area contributed by atoms with Crippen molar-refractivity contribution in [2.45, 2.75) is 20.4 Å². The van der Waals surface area contributed by atoms with Gasteiger partial charge in [0, 0.05) is 23.1 Å². The molecule has 2 rings (SSSR count). The summed E-state index contributed by atoms with van der Waals surface area (Å²) >= 11 is 1.48. The third-order valence-corrected chi connectivity index (χ3v) is 3.80. The normalized spacial score (nSPS) is 10.8. The highest BCUT2D eigenvalue weighted by atomic mass is 32.1. The van der Waals surface area contributed by atoms with E-state index < -0.39 is 5.82 Å². The molecular formula is C13H15FN2OS. The maximum absolute atomic E-state index is 13.7. The van der Waals surface area contributed by atoms with Crippen molar-refractivity contribution in [3.8, 4) is 16.3 Å². The van der Waals surface area contributed by atoms with Crippen molar-refractivity contribution in [1.82, 2.24) is 10.3 Å². The van der Waals surface area contributed by atoms with Crippen LogP contribution in [0.2, 0.25) is 0 Å². The fraction of sp³-hybridized carbons (Fsp3) is 0.308. The maximum atomic E-state index is 13.7.